The molecule has 0 aromatic heterocycles. The number of rotatable bonds is 4. The number of aliphatic hydroxyl groups is 2. The lowest BCUT2D eigenvalue weighted by Gasteiger charge is -2.17. The molecule has 1 aromatic carbocycles. The van der Waals surface area contributed by atoms with Crippen LogP contribution < -0.4 is 0 Å². The predicted molar refractivity (Wildman–Crippen MR) is 64.1 cm³/mol. The third kappa shape index (κ3) is 3.35. The molecule has 0 amide bonds. The smallest absolute Gasteiger partial charge is 0.106 e. The molecule has 0 radical (unpaired) electrons. The first kappa shape index (κ1) is 12.3. The van der Waals surface area contributed by atoms with Crippen LogP contribution in [0.3, 0.4) is 0 Å². The van der Waals surface area contributed by atoms with Crippen LogP contribution in [0.25, 0.3) is 10.4 Å². The molecule has 0 bridgehead atoms. The van der Waals surface area contributed by atoms with E-state index in [0.717, 1.165) is 3.57 Å². The molecule has 0 fully saturated rings. The van der Waals surface area contributed by atoms with Gasteiger partial charge in [0.1, 0.15) is 6.10 Å². The predicted octanol–water partition coefficient (Wildman–Crippen LogP) is 2.00. The fourth-order valence-corrected chi connectivity index (χ4v) is 1.85. The number of nitrogens with zero attached hydrogens (tertiary/aromatic N) is 3. The normalized spacial score (nSPS) is 14.1. The van der Waals surface area contributed by atoms with Gasteiger partial charge < -0.3 is 10.2 Å². The molecular formula is C9H10IN3O2. The number of hydrogen-bond acceptors (Lipinski definition) is 3. The molecule has 0 aliphatic rings. The Morgan fingerprint density at radius 3 is 2.67 bits per heavy atom. The number of aliphatic hydroxyl groups excluding tert-OH is 2. The van der Waals surface area contributed by atoms with Crippen molar-refractivity contribution < 1.29 is 10.2 Å². The highest BCUT2D eigenvalue weighted by molar-refractivity contribution is 14.1. The van der Waals surface area contributed by atoms with E-state index in [-0.39, 0.29) is 6.54 Å². The summed E-state index contributed by atoms with van der Waals surface area (Å²) < 4.78 is 0.864. The molecule has 1 aromatic rings. The Labute approximate surface area is 101 Å². The van der Waals surface area contributed by atoms with Crippen molar-refractivity contribution in [1.82, 2.24) is 0 Å². The fraction of sp³-hybridized carbons (Fsp3) is 0.333. The molecule has 0 saturated heterocycles. The molecule has 1 rings (SSSR count). The van der Waals surface area contributed by atoms with Crippen LogP contribution in [0.2, 0.25) is 0 Å². The number of benzene rings is 1. The van der Waals surface area contributed by atoms with Crippen LogP contribution in [0.1, 0.15) is 11.7 Å². The molecule has 80 valence electrons. The summed E-state index contributed by atoms with van der Waals surface area (Å²) in [4.78, 5) is 2.53. The zero-order valence-corrected chi connectivity index (χ0v) is 9.94. The van der Waals surface area contributed by atoms with Gasteiger partial charge in [-0.1, -0.05) is 23.3 Å². The van der Waals surface area contributed by atoms with E-state index in [1.165, 1.54) is 0 Å². The Bertz CT molecular complexity index is 379. The van der Waals surface area contributed by atoms with Crippen LogP contribution in [0.4, 0.5) is 0 Å². The lowest BCUT2D eigenvalue weighted by atomic mass is 10.0. The molecule has 0 aliphatic heterocycles. The zero-order chi connectivity index (χ0) is 11.3. The van der Waals surface area contributed by atoms with E-state index < -0.39 is 12.2 Å². The van der Waals surface area contributed by atoms with Crippen molar-refractivity contribution in [2.75, 3.05) is 6.54 Å². The Kier molecular flexibility index (Phi) is 4.83. The van der Waals surface area contributed by atoms with Crippen molar-refractivity contribution >= 4 is 22.6 Å². The van der Waals surface area contributed by atoms with E-state index in [9.17, 15) is 10.2 Å². The number of halogens is 1. The summed E-state index contributed by atoms with van der Waals surface area (Å²) >= 11 is 2.07. The van der Waals surface area contributed by atoms with Crippen LogP contribution >= 0.6 is 22.6 Å². The molecule has 0 spiro atoms. The minimum Gasteiger partial charge on any atom is -0.390 e. The first-order valence-electron chi connectivity index (χ1n) is 4.28. The van der Waals surface area contributed by atoms with Crippen molar-refractivity contribution in [2.45, 2.75) is 12.2 Å². The average Bonchev–Trinajstić information content (AvgIpc) is 2.25. The molecule has 6 heteroatoms. The van der Waals surface area contributed by atoms with E-state index in [1.807, 2.05) is 12.1 Å². The minimum atomic E-state index is -1.07. The molecular weight excluding hydrogens is 309 g/mol. The third-order valence-corrected chi connectivity index (χ3v) is 2.90. The van der Waals surface area contributed by atoms with Gasteiger partial charge in [0, 0.05) is 8.48 Å². The van der Waals surface area contributed by atoms with E-state index >= 15 is 0 Å². The SMILES string of the molecule is [N-]=[N+]=NCC(O)C(O)c1ccccc1I. The summed E-state index contributed by atoms with van der Waals surface area (Å²) in [7, 11) is 0. The standard InChI is InChI=1S/C9H10IN3O2/c10-7-4-2-1-3-6(7)9(15)8(14)5-12-13-11/h1-4,8-9,14-15H,5H2. The van der Waals surface area contributed by atoms with Gasteiger partial charge in [0.15, 0.2) is 0 Å². The fourth-order valence-electron chi connectivity index (χ4n) is 1.14. The molecule has 0 heterocycles. The van der Waals surface area contributed by atoms with E-state index in [4.69, 9.17) is 5.53 Å². The Morgan fingerprint density at radius 1 is 1.40 bits per heavy atom. The van der Waals surface area contributed by atoms with Gasteiger partial charge in [-0.3, -0.25) is 0 Å². The molecule has 2 unspecified atom stereocenters. The highest BCUT2D eigenvalue weighted by Crippen LogP contribution is 2.22. The average molecular weight is 319 g/mol. The summed E-state index contributed by atoms with van der Waals surface area (Å²) in [6.07, 6.45) is -2.10. The van der Waals surface area contributed by atoms with E-state index in [0.29, 0.717) is 5.56 Å². The van der Waals surface area contributed by atoms with Gasteiger partial charge in [0.05, 0.1) is 12.6 Å². The van der Waals surface area contributed by atoms with Crippen LogP contribution in [-0.4, -0.2) is 22.9 Å². The van der Waals surface area contributed by atoms with E-state index in [2.05, 4.69) is 32.6 Å². The minimum absolute atomic E-state index is 0.136. The largest absolute Gasteiger partial charge is 0.390 e. The summed E-state index contributed by atoms with van der Waals surface area (Å²) in [5, 5.41) is 22.5. The van der Waals surface area contributed by atoms with Crippen molar-refractivity contribution in [2.24, 2.45) is 5.11 Å². The van der Waals surface area contributed by atoms with Crippen LogP contribution in [0, 0.1) is 3.57 Å². The van der Waals surface area contributed by atoms with Crippen LogP contribution in [0.15, 0.2) is 29.4 Å². The van der Waals surface area contributed by atoms with E-state index in [1.54, 1.807) is 12.1 Å². The Balaban J connectivity index is 2.79. The molecule has 2 N–H and O–H groups in total. The lowest BCUT2D eigenvalue weighted by molar-refractivity contribution is 0.0239. The molecule has 0 aliphatic carbocycles. The highest BCUT2D eigenvalue weighted by atomic mass is 127. The molecule has 15 heavy (non-hydrogen) atoms. The Morgan fingerprint density at radius 2 is 2.07 bits per heavy atom. The quantitative estimate of drug-likeness (QED) is 0.385. The first-order valence-corrected chi connectivity index (χ1v) is 5.36. The van der Waals surface area contributed by atoms with Crippen LogP contribution in [-0.2, 0) is 0 Å². The summed E-state index contributed by atoms with van der Waals surface area (Å²) in [6, 6.07) is 7.18. The monoisotopic (exact) mass is 319 g/mol. The summed E-state index contributed by atoms with van der Waals surface area (Å²) in [6.45, 7) is -0.136. The third-order valence-electron chi connectivity index (χ3n) is 1.92. The van der Waals surface area contributed by atoms with Gasteiger partial charge in [-0.25, -0.2) is 0 Å². The second kappa shape index (κ2) is 5.92. The lowest BCUT2D eigenvalue weighted by Crippen LogP contribution is -2.21. The van der Waals surface area contributed by atoms with Crippen molar-refractivity contribution in [3.05, 3.63) is 43.8 Å². The second-order valence-electron chi connectivity index (χ2n) is 2.95. The van der Waals surface area contributed by atoms with Crippen molar-refractivity contribution in [3.63, 3.8) is 0 Å². The van der Waals surface area contributed by atoms with Gasteiger partial charge in [0.25, 0.3) is 0 Å². The maximum atomic E-state index is 9.76. The van der Waals surface area contributed by atoms with Gasteiger partial charge in [0.2, 0.25) is 0 Å². The number of hydrogen-bond donors (Lipinski definition) is 2. The first-order chi connectivity index (χ1) is 7.16. The zero-order valence-electron chi connectivity index (χ0n) is 7.79. The molecule has 5 nitrogen and oxygen atoms in total. The van der Waals surface area contributed by atoms with Gasteiger partial charge in [-0.15, -0.1) is 0 Å². The van der Waals surface area contributed by atoms with Gasteiger partial charge in [-0.05, 0) is 39.8 Å². The maximum Gasteiger partial charge on any atom is 0.106 e. The summed E-state index contributed by atoms with van der Waals surface area (Å²) in [5.74, 6) is 0. The van der Waals surface area contributed by atoms with Crippen molar-refractivity contribution in [3.8, 4) is 0 Å². The van der Waals surface area contributed by atoms with Gasteiger partial charge in [-0.2, -0.15) is 0 Å². The summed E-state index contributed by atoms with van der Waals surface area (Å²) in [5.41, 5.74) is 8.72. The topological polar surface area (TPSA) is 89.2 Å². The van der Waals surface area contributed by atoms with Crippen molar-refractivity contribution in [1.29, 1.82) is 0 Å². The van der Waals surface area contributed by atoms with Crippen LogP contribution in [0.5, 0.6) is 0 Å². The Hall–Kier alpha value is -0.820. The second-order valence-corrected chi connectivity index (χ2v) is 4.11. The number of azide groups is 1. The highest BCUT2D eigenvalue weighted by Gasteiger charge is 2.19. The van der Waals surface area contributed by atoms with Gasteiger partial charge >= 0.3 is 0 Å². The molecule has 0 saturated carbocycles. The maximum absolute atomic E-state index is 9.76. The molecule has 2 atom stereocenters.